The topological polar surface area (TPSA) is 67.2 Å². The highest BCUT2D eigenvalue weighted by atomic mass is 16.2. The van der Waals surface area contributed by atoms with Gasteiger partial charge in [0.25, 0.3) is 5.91 Å². The molecule has 0 saturated heterocycles. The zero-order valence-electron chi connectivity index (χ0n) is 17.3. The standard InChI is InChI=1S/C22H32N4O2/c1-13(2)23-20(27)18-12-25-4-5-26(14(3)19(25)24-18)21(28)22-9-15-6-16(10-22)8-17(7-15)11-22/h12-17H,4-11H2,1-3H3,(H,23,27). The van der Waals surface area contributed by atoms with Crippen LogP contribution < -0.4 is 5.32 Å². The van der Waals surface area contributed by atoms with Crippen LogP contribution in [0.4, 0.5) is 0 Å². The van der Waals surface area contributed by atoms with E-state index >= 15 is 0 Å². The van der Waals surface area contributed by atoms with Gasteiger partial charge in [-0.1, -0.05) is 0 Å². The SMILES string of the molecule is CC(C)NC(=O)c1cn2c(n1)C(C)N(C(=O)C13CC4CC(CC(C4)C1)C3)CC2. The predicted octanol–water partition coefficient (Wildman–Crippen LogP) is 3.14. The van der Waals surface area contributed by atoms with Crippen molar-refractivity contribution < 1.29 is 9.59 Å². The molecule has 1 aromatic rings. The number of imidazole rings is 1. The summed E-state index contributed by atoms with van der Waals surface area (Å²) >= 11 is 0. The van der Waals surface area contributed by atoms with E-state index in [4.69, 9.17) is 0 Å². The van der Waals surface area contributed by atoms with Crippen LogP contribution in [-0.2, 0) is 11.3 Å². The van der Waals surface area contributed by atoms with E-state index in [0.29, 0.717) is 11.6 Å². The molecule has 0 spiro atoms. The van der Waals surface area contributed by atoms with Gasteiger partial charge in [-0.25, -0.2) is 4.98 Å². The van der Waals surface area contributed by atoms with Gasteiger partial charge in [-0.2, -0.15) is 0 Å². The summed E-state index contributed by atoms with van der Waals surface area (Å²) in [5.41, 5.74) is 0.343. The van der Waals surface area contributed by atoms with Crippen LogP contribution in [0.3, 0.4) is 0 Å². The summed E-state index contributed by atoms with van der Waals surface area (Å²) in [4.78, 5) is 32.8. The van der Waals surface area contributed by atoms with E-state index in [0.717, 1.165) is 55.9 Å². The van der Waals surface area contributed by atoms with Crippen LogP contribution in [0.1, 0.15) is 81.7 Å². The second kappa shape index (κ2) is 6.33. The van der Waals surface area contributed by atoms with Crippen molar-refractivity contribution in [2.45, 2.75) is 77.9 Å². The molecule has 1 aliphatic heterocycles. The predicted molar refractivity (Wildman–Crippen MR) is 106 cm³/mol. The first-order valence-electron chi connectivity index (χ1n) is 11.0. The van der Waals surface area contributed by atoms with Gasteiger partial charge in [0.15, 0.2) is 0 Å². The molecule has 28 heavy (non-hydrogen) atoms. The zero-order chi connectivity index (χ0) is 19.6. The number of hydrogen-bond acceptors (Lipinski definition) is 3. The van der Waals surface area contributed by atoms with Crippen LogP contribution in [-0.4, -0.2) is 38.9 Å². The number of carbonyl (C=O) groups excluding carboxylic acids is 2. The minimum atomic E-state index is -0.136. The molecule has 4 fully saturated rings. The molecule has 1 N–H and O–H groups in total. The number of fused-ring (bicyclic) bond motifs is 1. The van der Waals surface area contributed by atoms with Gasteiger partial charge >= 0.3 is 0 Å². The number of nitrogens with zero attached hydrogens (tertiary/aromatic N) is 3. The second-order valence-corrected chi connectivity index (χ2v) is 10.2. The monoisotopic (exact) mass is 384 g/mol. The third-order valence-corrected chi connectivity index (χ3v) is 7.64. The molecule has 5 aliphatic rings. The Balaban J connectivity index is 1.38. The molecule has 2 heterocycles. The van der Waals surface area contributed by atoms with Crippen LogP contribution in [0.2, 0.25) is 0 Å². The Bertz CT molecular complexity index is 776. The smallest absolute Gasteiger partial charge is 0.271 e. The van der Waals surface area contributed by atoms with Crippen molar-refractivity contribution >= 4 is 11.8 Å². The highest BCUT2D eigenvalue weighted by Gasteiger charge is 2.56. The normalized spacial score (nSPS) is 35.9. The van der Waals surface area contributed by atoms with Crippen molar-refractivity contribution in [1.82, 2.24) is 19.8 Å². The molecule has 6 heteroatoms. The summed E-state index contributed by atoms with van der Waals surface area (Å²) in [6.45, 7) is 7.40. The van der Waals surface area contributed by atoms with Crippen molar-refractivity contribution in [3.63, 3.8) is 0 Å². The minimum Gasteiger partial charge on any atom is -0.348 e. The van der Waals surface area contributed by atoms with Crippen LogP contribution in [0.15, 0.2) is 6.20 Å². The molecule has 4 saturated carbocycles. The maximum Gasteiger partial charge on any atom is 0.271 e. The molecule has 0 aromatic carbocycles. The van der Waals surface area contributed by atoms with Gasteiger partial charge in [-0.05, 0) is 77.0 Å². The van der Waals surface area contributed by atoms with E-state index in [-0.39, 0.29) is 23.4 Å². The molecule has 6 nitrogen and oxygen atoms in total. The minimum absolute atomic E-state index is 0.0742. The number of nitrogens with one attached hydrogen (secondary N) is 1. The van der Waals surface area contributed by atoms with Crippen molar-refractivity contribution in [1.29, 1.82) is 0 Å². The number of aromatic nitrogens is 2. The van der Waals surface area contributed by atoms with E-state index in [1.54, 1.807) is 0 Å². The summed E-state index contributed by atoms with van der Waals surface area (Å²) in [5.74, 6) is 3.37. The highest BCUT2D eigenvalue weighted by Crippen LogP contribution is 2.61. The van der Waals surface area contributed by atoms with Crippen molar-refractivity contribution in [2.75, 3.05) is 6.54 Å². The quantitative estimate of drug-likeness (QED) is 0.871. The van der Waals surface area contributed by atoms with Crippen LogP contribution in [0.5, 0.6) is 0 Å². The Labute approximate surface area is 167 Å². The van der Waals surface area contributed by atoms with E-state index in [9.17, 15) is 9.59 Å². The van der Waals surface area contributed by atoms with Gasteiger partial charge in [0.05, 0.1) is 11.5 Å². The molecule has 2 amide bonds. The lowest BCUT2D eigenvalue weighted by Gasteiger charge is -2.57. The first-order chi connectivity index (χ1) is 13.3. The van der Waals surface area contributed by atoms with E-state index in [1.165, 1.54) is 19.3 Å². The molecule has 4 aliphatic carbocycles. The van der Waals surface area contributed by atoms with Gasteiger partial charge in [0.1, 0.15) is 11.5 Å². The molecule has 1 atom stereocenters. The second-order valence-electron chi connectivity index (χ2n) is 10.2. The Kier molecular flexibility index (Phi) is 4.11. The Morgan fingerprint density at radius 3 is 2.29 bits per heavy atom. The number of hydrogen-bond donors (Lipinski definition) is 1. The fraction of sp³-hybridized carbons (Fsp3) is 0.773. The molecule has 4 bridgehead atoms. The molecule has 152 valence electrons. The van der Waals surface area contributed by atoms with E-state index < -0.39 is 0 Å². The summed E-state index contributed by atoms with van der Waals surface area (Å²) < 4.78 is 2.06. The highest BCUT2D eigenvalue weighted by molar-refractivity contribution is 5.92. The number of carbonyl (C=O) groups is 2. The van der Waals surface area contributed by atoms with Gasteiger partial charge in [0, 0.05) is 25.3 Å². The Morgan fingerprint density at radius 1 is 1.11 bits per heavy atom. The first-order valence-corrected chi connectivity index (χ1v) is 11.0. The van der Waals surface area contributed by atoms with E-state index in [2.05, 4.69) is 26.7 Å². The average molecular weight is 385 g/mol. The van der Waals surface area contributed by atoms with Gasteiger partial charge in [-0.3, -0.25) is 9.59 Å². The maximum atomic E-state index is 13.8. The van der Waals surface area contributed by atoms with Gasteiger partial charge < -0.3 is 14.8 Å². The van der Waals surface area contributed by atoms with Gasteiger partial charge in [0.2, 0.25) is 5.91 Å². The fourth-order valence-corrected chi connectivity index (χ4v) is 6.89. The zero-order valence-corrected chi connectivity index (χ0v) is 17.3. The lowest BCUT2D eigenvalue weighted by molar-refractivity contribution is -0.161. The maximum absolute atomic E-state index is 13.8. The van der Waals surface area contributed by atoms with Crippen molar-refractivity contribution in [3.8, 4) is 0 Å². The summed E-state index contributed by atoms with van der Waals surface area (Å²) in [6, 6.07) is 0.00710. The lowest BCUT2D eigenvalue weighted by atomic mass is 9.49. The third-order valence-electron chi connectivity index (χ3n) is 7.64. The molecule has 6 rings (SSSR count). The third kappa shape index (κ3) is 2.79. The van der Waals surface area contributed by atoms with Crippen LogP contribution in [0, 0.1) is 23.2 Å². The number of amides is 2. The first kappa shape index (κ1) is 18.2. The number of rotatable bonds is 3. The molecular formula is C22H32N4O2. The van der Waals surface area contributed by atoms with Crippen molar-refractivity contribution in [3.05, 3.63) is 17.7 Å². The van der Waals surface area contributed by atoms with Crippen molar-refractivity contribution in [2.24, 2.45) is 23.2 Å². The summed E-state index contributed by atoms with van der Waals surface area (Å²) in [7, 11) is 0. The Hall–Kier alpha value is -1.85. The largest absolute Gasteiger partial charge is 0.348 e. The average Bonchev–Trinajstić information content (AvgIpc) is 3.05. The van der Waals surface area contributed by atoms with E-state index in [1.807, 2.05) is 20.0 Å². The molecular weight excluding hydrogens is 352 g/mol. The summed E-state index contributed by atoms with van der Waals surface area (Å²) in [6.07, 6.45) is 9.17. The molecule has 0 radical (unpaired) electrons. The lowest BCUT2D eigenvalue weighted by Crippen LogP contribution is -2.56. The molecule has 1 unspecified atom stereocenters. The fourth-order valence-electron chi connectivity index (χ4n) is 6.89. The van der Waals surface area contributed by atoms with Gasteiger partial charge in [-0.15, -0.1) is 0 Å². The molecule has 1 aromatic heterocycles. The van der Waals surface area contributed by atoms with Crippen LogP contribution in [0.25, 0.3) is 0 Å². The Morgan fingerprint density at radius 2 is 1.71 bits per heavy atom. The van der Waals surface area contributed by atoms with Crippen LogP contribution >= 0.6 is 0 Å². The summed E-state index contributed by atoms with van der Waals surface area (Å²) in [5, 5.41) is 2.91.